The molecule has 3 N–H and O–H groups in total. The van der Waals surface area contributed by atoms with Crippen molar-refractivity contribution in [1.29, 1.82) is 0 Å². The van der Waals surface area contributed by atoms with Crippen LogP contribution in [0.2, 0.25) is 0 Å². The van der Waals surface area contributed by atoms with Gasteiger partial charge < -0.3 is 16.0 Å². The molecule has 0 aliphatic carbocycles. The first-order valence-corrected chi connectivity index (χ1v) is 8.18. The van der Waals surface area contributed by atoms with Gasteiger partial charge in [0.25, 0.3) is 5.91 Å². The molecule has 7 nitrogen and oxygen atoms in total. The molecule has 1 unspecified atom stereocenters. The number of anilines is 2. The average Bonchev–Trinajstić information content (AvgIpc) is 3.04. The van der Waals surface area contributed by atoms with E-state index in [0.29, 0.717) is 23.7 Å². The molecule has 3 heterocycles. The highest BCUT2D eigenvalue weighted by Crippen LogP contribution is 2.32. The minimum absolute atomic E-state index is 0.0348. The van der Waals surface area contributed by atoms with Gasteiger partial charge in [-0.25, -0.2) is 4.98 Å². The van der Waals surface area contributed by atoms with Crippen molar-refractivity contribution in [2.75, 3.05) is 17.6 Å². The van der Waals surface area contributed by atoms with Crippen LogP contribution in [0.5, 0.6) is 0 Å². The molecule has 2 aromatic rings. The Kier molecular flexibility index (Phi) is 4.59. The van der Waals surface area contributed by atoms with Gasteiger partial charge in [-0.15, -0.1) is 5.10 Å². The van der Waals surface area contributed by atoms with E-state index in [1.165, 1.54) is 0 Å². The molecule has 0 saturated carbocycles. The molecule has 126 valence electrons. The number of carbonyl (C=O) groups excluding carboxylic acids is 1. The largest absolute Gasteiger partial charge is 0.382 e. The lowest BCUT2D eigenvalue weighted by Gasteiger charge is -2.25. The molecule has 1 aliphatic rings. The molecule has 0 radical (unpaired) electrons. The van der Waals surface area contributed by atoms with E-state index in [1.807, 2.05) is 30.9 Å². The number of aromatic nitrogens is 3. The molecule has 0 aromatic carbocycles. The fourth-order valence-electron chi connectivity index (χ4n) is 2.97. The van der Waals surface area contributed by atoms with Crippen LogP contribution in [0.15, 0.2) is 30.5 Å². The number of rotatable bonds is 4. The molecule has 0 spiro atoms. The van der Waals surface area contributed by atoms with Gasteiger partial charge in [0.2, 0.25) is 0 Å². The highest BCUT2D eigenvalue weighted by Gasteiger charge is 2.33. The van der Waals surface area contributed by atoms with Crippen LogP contribution in [0.1, 0.15) is 48.8 Å². The van der Waals surface area contributed by atoms with Crippen LogP contribution in [0.4, 0.5) is 11.6 Å². The van der Waals surface area contributed by atoms with Gasteiger partial charge in [-0.1, -0.05) is 0 Å². The van der Waals surface area contributed by atoms with Crippen LogP contribution >= 0.6 is 0 Å². The fourth-order valence-corrected chi connectivity index (χ4v) is 2.97. The smallest absolute Gasteiger partial charge is 0.258 e. The highest BCUT2D eigenvalue weighted by molar-refractivity contribution is 5.99. The van der Waals surface area contributed by atoms with Crippen LogP contribution in [-0.4, -0.2) is 38.6 Å². The monoisotopic (exact) mass is 326 g/mol. The van der Waals surface area contributed by atoms with E-state index in [2.05, 4.69) is 20.5 Å². The number of amides is 1. The molecule has 1 atom stereocenters. The lowest BCUT2D eigenvalue weighted by atomic mass is 10.1. The summed E-state index contributed by atoms with van der Waals surface area (Å²) in [6.45, 7) is 4.74. The maximum absolute atomic E-state index is 13.1. The summed E-state index contributed by atoms with van der Waals surface area (Å²) in [5.41, 5.74) is 6.97. The lowest BCUT2D eigenvalue weighted by molar-refractivity contribution is 0.0733. The average molecular weight is 326 g/mol. The third kappa shape index (κ3) is 3.29. The summed E-state index contributed by atoms with van der Waals surface area (Å²) in [5, 5.41) is 11.3. The summed E-state index contributed by atoms with van der Waals surface area (Å²) in [5.74, 6) is 0.962. The summed E-state index contributed by atoms with van der Waals surface area (Å²) in [6.07, 6.45) is 3.50. The number of pyridine rings is 1. The second-order valence-corrected chi connectivity index (χ2v) is 6.24. The minimum Gasteiger partial charge on any atom is -0.382 e. The van der Waals surface area contributed by atoms with E-state index in [0.717, 1.165) is 18.5 Å². The molecule has 1 aliphatic heterocycles. The normalized spacial score (nSPS) is 17.3. The van der Waals surface area contributed by atoms with Gasteiger partial charge in [-0.05, 0) is 51.0 Å². The van der Waals surface area contributed by atoms with Gasteiger partial charge in [-0.2, -0.15) is 5.10 Å². The molecule has 7 heteroatoms. The van der Waals surface area contributed by atoms with E-state index in [-0.39, 0.29) is 18.0 Å². The van der Waals surface area contributed by atoms with E-state index in [4.69, 9.17) is 5.73 Å². The number of hydrogen-bond acceptors (Lipinski definition) is 6. The zero-order chi connectivity index (χ0) is 17.1. The van der Waals surface area contributed by atoms with E-state index < -0.39 is 0 Å². The highest BCUT2D eigenvalue weighted by atomic mass is 16.2. The predicted octanol–water partition coefficient (Wildman–Crippen LogP) is 2.25. The van der Waals surface area contributed by atoms with Crippen LogP contribution in [-0.2, 0) is 0 Å². The van der Waals surface area contributed by atoms with Crippen molar-refractivity contribution in [1.82, 2.24) is 20.1 Å². The number of nitrogen functional groups attached to an aromatic ring is 1. The third-order valence-corrected chi connectivity index (χ3v) is 4.02. The van der Waals surface area contributed by atoms with Gasteiger partial charge in [0.05, 0.1) is 17.3 Å². The Morgan fingerprint density at radius 1 is 1.33 bits per heavy atom. The first-order valence-electron chi connectivity index (χ1n) is 8.18. The number of likely N-dealkylation sites (tertiary alicyclic amines) is 1. The molecular formula is C17H22N6O. The Labute approximate surface area is 141 Å². The Hall–Kier alpha value is -2.70. The topological polar surface area (TPSA) is 97.0 Å². The van der Waals surface area contributed by atoms with Crippen molar-refractivity contribution in [3.8, 4) is 0 Å². The molecule has 1 saturated heterocycles. The van der Waals surface area contributed by atoms with Crippen LogP contribution < -0.4 is 11.1 Å². The predicted molar refractivity (Wildman–Crippen MR) is 92.5 cm³/mol. The second kappa shape index (κ2) is 6.82. The Bertz CT molecular complexity index is 715. The van der Waals surface area contributed by atoms with Crippen molar-refractivity contribution < 1.29 is 4.79 Å². The second-order valence-electron chi connectivity index (χ2n) is 6.24. The SMILES string of the molecule is CC(C)Nc1ncccc1C(=O)N1CCCC1c1ccc(N)nn1. The number of nitrogens with one attached hydrogen (secondary N) is 1. The van der Waals surface area contributed by atoms with E-state index in [9.17, 15) is 4.79 Å². The summed E-state index contributed by atoms with van der Waals surface area (Å²) >= 11 is 0. The van der Waals surface area contributed by atoms with Gasteiger partial charge in [0, 0.05) is 18.8 Å². The van der Waals surface area contributed by atoms with Gasteiger partial charge in [0.1, 0.15) is 11.6 Å². The summed E-state index contributed by atoms with van der Waals surface area (Å²) < 4.78 is 0. The van der Waals surface area contributed by atoms with Crippen LogP contribution in [0.3, 0.4) is 0 Å². The fraction of sp³-hybridized carbons (Fsp3) is 0.412. The number of nitrogens with zero attached hydrogens (tertiary/aromatic N) is 4. The Morgan fingerprint density at radius 2 is 2.17 bits per heavy atom. The van der Waals surface area contributed by atoms with Crippen LogP contribution in [0, 0.1) is 0 Å². The maximum Gasteiger partial charge on any atom is 0.258 e. The number of nitrogens with two attached hydrogens (primary N) is 1. The Morgan fingerprint density at radius 3 is 2.88 bits per heavy atom. The molecular weight excluding hydrogens is 304 g/mol. The zero-order valence-corrected chi connectivity index (χ0v) is 13.9. The standard InChI is InChI=1S/C17H22N6O/c1-11(2)20-16-12(5-3-9-19-16)17(24)23-10-4-6-14(23)13-7-8-15(18)22-21-13/h3,5,7-9,11,14H,4,6,10H2,1-2H3,(H2,18,22)(H,19,20). The molecule has 24 heavy (non-hydrogen) atoms. The van der Waals surface area contributed by atoms with E-state index >= 15 is 0 Å². The quantitative estimate of drug-likeness (QED) is 0.894. The van der Waals surface area contributed by atoms with Gasteiger partial charge in [0.15, 0.2) is 0 Å². The molecule has 1 fully saturated rings. The third-order valence-electron chi connectivity index (χ3n) is 4.02. The van der Waals surface area contributed by atoms with E-state index in [1.54, 1.807) is 18.3 Å². The van der Waals surface area contributed by atoms with Crippen molar-refractivity contribution in [2.24, 2.45) is 0 Å². The zero-order valence-electron chi connectivity index (χ0n) is 13.9. The number of hydrogen-bond donors (Lipinski definition) is 2. The van der Waals surface area contributed by atoms with Crippen molar-refractivity contribution in [2.45, 2.75) is 38.8 Å². The van der Waals surface area contributed by atoms with Crippen molar-refractivity contribution >= 4 is 17.5 Å². The summed E-state index contributed by atoms with van der Waals surface area (Å²) in [6, 6.07) is 7.28. The van der Waals surface area contributed by atoms with Gasteiger partial charge in [-0.3, -0.25) is 4.79 Å². The minimum atomic E-state index is -0.0716. The molecule has 2 aromatic heterocycles. The molecule has 0 bridgehead atoms. The summed E-state index contributed by atoms with van der Waals surface area (Å²) in [4.78, 5) is 19.2. The first-order chi connectivity index (χ1) is 11.6. The maximum atomic E-state index is 13.1. The number of carbonyl (C=O) groups is 1. The van der Waals surface area contributed by atoms with Gasteiger partial charge >= 0.3 is 0 Å². The summed E-state index contributed by atoms with van der Waals surface area (Å²) in [7, 11) is 0. The van der Waals surface area contributed by atoms with Crippen LogP contribution in [0.25, 0.3) is 0 Å². The molecule has 3 rings (SSSR count). The lowest BCUT2D eigenvalue weighted by Crippen LogP contribution is -2.32. The molecule has 1 amide bonds. The first kappa shape index (κ1) is 16.2. The Balaban J connectivity index is 1.87. The van der Waals surface area contributed by atoms with Crippen molar-refractivity contribution in [3.05, 3.63) is 41.7 Å². The van der Waals surface area contributed by atoms with Crippen molar-refractivity contribution in [3.63, 3.8) is 0 Å².